The molecule has 0 aliphatic rings. The van der Waals surface area contributed by atoms with Gasteiger partial charge in [0, 0.05) is 31.0 Å². The summed E-state index contributed by atoms with van der Waals surface area (Å²) < 4.78 is 43.6. The number of hydrogen-bond acceptors (Lipinski definition) is 2. The van der Waals surface area contributed by atoms with E-state index in [0.29, 0.717) is 21.8 Å². The van der Waals surface area contributed by atoms with Gasteiger partial charge in [-0.1, -0.05) is 29.8 Å². The van der Waals surface area contributed by atoms with Crippen LogP contribution < -0.4 is 11.2 Å². The minimum Gasteiger partial charge on any atom is -0.314 e. The average Bonchev–Trinajstić information content (AvgIpc) is 3.11. The molecule has 0 radical (unpaired) electrons. The van der Waals surface area contributed by atoms with Crippen LogP contribution in [0.5, 0.6) is 0 Å². The summed E-state index contributed by atoms with van der Waals surface area (Å²) >= 11 is 5.98. The maximum atomic E-state index is 13.3. The molecule has 2 heterocycles. The first-order valence-electron chi connectivity index (χ1n) is 8.84. The molecule has 0 unspecified atom stereocenters. The zero-order chi connectivity index (χ0) is 21.8. The van der Waals surface area contributed by atoms with Crippen molar-refractivity contribution < 1.29 is 13.2 Å². The molecule has 0 bridgehead atoms. The van der Waals surface area contributed by atoms with Crippen LogP contribution >= 0.6 is 11.6 Å². The van der Waals surface area contributed by atoms with Crippen LogP contribution in [0.4, 0.5) is 13.2 Å². The summed E-state index contributed by atoms with van der Waals surface area (Å²) in [6.07, 6.45) is -3.02. The lowest BCUT2D eigenvalue weighted by Gasteiger charge is -2.13. The van der Waals surface area contributed by atoms with Gasteiger partial charge < -0.3 is 4.57 Å². The molecule has 0 aliphatic carbocycles. The third-order valence-corrected chi connectivity index (χ3v) is 5.26. The molecule has 2 aromatic heterocycles. The standard InChI is InChI=1S/C21H15ClF3N3O2/c1-26-16-11-28(15-5-3-4-13(10-15)21(23,24)25)18(12-6-8-14(22)9-7-12)17(16)19(29)27(2)20(26)30/h3-11H,1-2H3. The van der Waals surface area contributed by atoms with Gasteiger partial charge in [-0.15, -0.1) is 0 Å². The molecule has 9 heteroatoms. The summed E-state index contributed by atoms with van der Waals surface area (Å²) in [6.45, 7) is 0. The van der Waals surface area contributed by atoms with Gasteiger partial charge in [-0.05, 0) is 35.9 Å². The Morgan fingerprint density at radius 3 is 2.23 bits per heavy atom. The van der Waals surface area contributed by atoms with Gasteiger partial charge in [0.25, 0.3) is 5.56 Å². The molecular formula is C21H15ClF3N3O2. The fourth-order valence-corrected chi connectivity index (χ4v) is 3.59. The van der Waals surface area contributed by atoms with Crippen molar-refractivity contribution in [3.05, 3.63) is 86.2 Å². The van der Waals surface area contributed by atoms with E-state index in [-0.39, 0.29) is 11.1 Å². The van der Waals surface area contributed by atoms with Gasteiger partial charge in [-0.3, -0.25) is 13.9 Å². The molecule has 0 aliphatic heterocycles. The second kappa shape index (κ2) is 6.91. The number of benzene rings is 2. The highest BCUT2D eigenvalue weighted by Gasteiger charge is 2.31. The third-order valence-electron chi connectivity index (χ3n) is 5.01. The Bertz CT molecular complexity index is 1400. The van der Waals surface area contributed by atoms with Crippen molar-refractivity contribution in [3.63, 3.8) is 0 Å². The van der Waals surface area contributed by atoms with Gasteiger partial charge in [0.1, 0.15) is 0 Å². The van der Waals surface area contributed by atoms with Crippen LogP contribution in [0.1, 0.15) is 5.56 Å². The van der Waals surface area contributed by atoms with Crippen molar-refractivity contribution >= 4 is 22.5 Å². The third kappa shape index (κ3) is 3.13. The monoisotopic (exact) mass is 433 g/mol. The van der Waals surface area contributed by atoms with E-state index in [4.69, 9.17) is 11.6 Å². The number of aryl methyl sites for hydroxylation is 1. The van der Waals surface area contributed by atoms with E-state index in [9.17, 15) is 22.8 Å². The Kier molecular flexibility index (Phi) is 4.62. The molecule has 0 saturated heterocycles. The lowest BCUT2D eigenvalue weighted by molar-refractivity contribution is -0.137. The van der Waals surface area contributed by atoms with E-state index < -0.39 is 23.0 Å². The van der Waals surface area contributed by atoms with Crippen LogP contribution in [0.3, 0.4) is 0 Å². The number of halogens is 4. The number of fused-ring (bicyclic) bond motifs is 1. The highest BCUT2D eigenvalue weighted by atomic mass is 35.5. The zero-order valence-electron chi connectivity index (χ0n) is 15.9. The molecular weight excluding hydrogens is 419 g/mol. The summed E-state index contributed by atoms with van der Waals surface area (Å²) in [7, 11) is 2.86. The number of alkyl halides is 3. The SMILES string of the molecule is Cn1c(=O)c2c(-c3ccc(Cl)cc3)n(-c3cccc(C(F)(F)F)c3)cc2n(C)c1=O. The molecule has 0 fully saturated rings. The van der Waals surface area contributed by atoms with Crippen LogP contribution in [0.2, 0.25) is 5.02 Å². The highest BCUT2D eigenvalue weighted by molar-refractivity contribution is 6.30. The molecule has 0 atom stereocenters. The Balaban J connectivity index is 2.15. The van der Waals surface area contributed by atoms with E-state index in [0.717, 1.165) is 16.7 Å². The van der Waals surface area contributed by atoms with Gasteiger partial charge in [0.05, 0.1) is 22.2 Å². The summed E-state index contributed by atoms with van der Waals surface area (Å²) in [5.41, 5.74) is -0.424. The summed E-state index contributed by atoms with van der Waals surface area (Å²) in [4.78, 5) is 25.3. The molecule has 0 amide bonds. The van der Waals surface area contributed by atoms with Crippen LogP contribution in [0.25, 0.3) is 27.8 Å². The van der Waals surface area contributed by atoms with Crippen LogP contribution in [0.15, 0.2) is 64.3 Å². The van der Waals surface area contributed by atoms with Crippen molar-refractivity contribution in [1.29, 1.82) is 0 Å². The van der Waals surface area contributed by atoms with Crippen molar-refractivity contribution in [1.82, 2.24) is 13.7 Å². The molecule has 30 heavy (non-hydrogen) atoms. The van der Waals surface area contributed by atoms with Crippen molar-refractivity contribution in [3.8, 4) is 16.9 Å². The van der Waals surface area contributed by atoms with Gasteiger partial charge in [0.2, 0.25) is 0 Å². The minimum atomic E-state index is -4.52. The highest BCUT2D eigenvalue weighted by Crippen LogP contribution is 2.34. The molecule has 0 N–H and O–H groups in total. The summed E-state index contributed by atoms with van der Waals surface area (Å²) in [5.74, 6) is 0. The van der Waals surface area contributed by atoms with Gasteiger partial charge in [0.15, 0.2) is 0 Å². The van der Waals surface area contributed by atoms with Crippen molar-refractivity contribution in [2.75, 3.05) is 0 Å². The Hall–Kier alpha value is -3.26. The lowest BCUT2D eigenvalue weighted by Crippen LogP contribution is -2.36. The maximum absolute atomic E-state index is 13.3. The maximum Gasteiger partial charge on any atom is 0.416 e. The predicted octanol–water partition coefficient (Wildman–Crippen LogP) is 4.37. The number of hydrogen-bond donors (Lipinski definition) is 0. The zero-order valence-corrected chi connectivity index (χ0v) is 16.6. The second-order valence-corrected chi connectivity index (χ2v) is 7.31. The van der Waals surface area contributed by atoms with E-state index in [1.165, 1.54) is 41.6 Å². The molecule has 2 aromatic carbocycles. The molecule has 154 valence electrons. The number of nitrogens with zero attached hydrogens (tertiary/aromatic N) is 3. The fraction of sp³-hybridized carbons (Fsp3) is 0.143. The first-order valence-corrected chi connectivity index (χ1v) is 9.22. The first kappa shape index (κ1) is 20.0. The first-order chi connectivity index (χ1) is 14.1. The molecule has 4 rings (SSSR count). The van der Waals surface area contributed by atoms with E-state index in [1.807, 2.05) is 0 Å². The topological polar surface area (TPSA) is 48.9 Å². The number of rotatable bonds is 2. The predicted molar refractivity (Wildman–Crippen MR) is 109 cm³/mol. The van der Waals surface area contributed by atoms with E-state index in [1.54, 1.807) is 24.3 Å². The normalized spacial score (nSPS) is 11.9. The minimum absolute atomic E-state index is 0.209. The van der Waals surface area contributed by atoms with Gasteiger partial charge in [-0.2, -0.15) is 13.2 Å². The molecule has 5 nitrogen and oxygen atoms in total. The Labute approximate surface area is 173 Å². The largest absolute Gasteiger partial charge is 0.416 e. The Morgan fingerprint density at radius 1 is 0.933 bits per heavy atom. The van der Waals surface area contributed by atoms with Gasteiger partial charge in [-0.25, -0.2) is 4.79 Å². The average molecular weight is 434 g/mol. The number of aromatic nitrogens is 3. The van der Waals surface area contributed by atoms with Crippen molar-refractivity contribution in [2.24, 2.45) is 14.1 Å². The van der Waals surface area contributed by atoms with Crippen LogP contribution in [0, 0.1) is 0 Å². The smallest absolute Gasteiger partial charge is 0.314 e. The summed E-state index contributed by atoms with van der Waals surface area (Å²) in [5, 5.41) is 0.694. The van der Waals surface area contributed by atoms with E-state index in [2.05, 4.69) is 0 Å². The van der Waals surface area contributed by atoms with E-state index >= 15 is 0 Å². The van der Waals surface area contributed by atoms with Crippen LogP contribution in [-0.2, 0) is 20.3 Å². The lowest BCUT2D eigenvalue weighted by atomic mass is 10.1. The molecule has 0 spiro atoms. The summed E-state index contributed by atoms with van der Waals surface area (Å²) in [6, 6.07) is 11.4. The van der Waals surface area contributed by atoms with Crippen LogP contribution in [-0.4, -0.2) is 13.7 Å². The molecule has 0 saturated carbocycles. The Morgan fingerprint density at radius 2 is 1.60 bits per heavy atom. The van der Waals surface area contributed by atoms with Gasteiger partial charge >= 0.3 is 11.9 Å². The second-order valence-electron chi connectivity index (χ2n) is 6.87. The quantitative estimate of drug-likeness (QED) is 0.471. The molecule has 4 aromatic rings. The fourth-order valence-electron chi connectivity index (χ4n) is 3.47. The van der Waals surface area contributed by atoms with Crippen molar-refractivity contribution in [2.45, 2.75) is 6.18 Å².